The molecule has 0 unspecified atom stereocenters. The predicted octanol–water partition coefficient (Wildman–Crippen LogP) is 4.21. The summed E-state index contributed by atoms with van der Waals surface area (Å²) in [7, 11) is 0. The Labute approximate surface area is 149 Å². The Balaban J connectivity index is 1.51. The van der Waals surface area contributed by atoms with Gasteiger partial charge in [0.15, 0.2) is 11.5 Å². The van der Waals surface area contributed by atoms with Crippen molar-refractivity contribution in [1.82, 2.24) is 0 Å². The zero-order chi connectivity index (χ0) is 16.9. The first-order chi connectivity index (χ1) is 11.6. The highest BCUT2D eigenvalue weighted by atomic mass is 35.5. The van der Waals surface area contributed by atoms with Gasteiger partial charge in [-0.2, -0.15) is 0 Å². The Kier molecular flexibility index (Phi) is 5.33. The quantitative estimate of drug-likeness (QED) is 0.832. The zero-order valence-corrected chi connectivity index (χ0v) is 14.3. The molecule has 0 aliphatic carbocycles. The van der Waals surface area contributed by atoms with Crippen molar-refractivity contribution in [2.75, 3.05) is 30.4 Å². The van der Waals surface area contributed by atoms with Gasteiger partial charge in [0.25, 0.3) is 0 Å². The van der Waals surface area contributed by atoms with E-state index in [2.05, 4.69) is 10.6 Å². The molecule has 24 heavy (non-hydrogen) atoms. The van der Waals surface area contributed by atoms with E-state index in [1.54, 1.807) is 36.4 Å². The van der Waals surface area contributed by atoms with E-state index < -0.39 is 0 Å². The summed E-state index contributed by atoms with van der Waals surface area (Å²) in [5.74, 6) is 1.22. The third-order valence-corrected chi connectivity index (χ3v) is 3.99. The molecule has 0 fully saturated rings. The van der Waals surface area contributed by atoms with Crippen LogP contribution in [-0.2, 0) is 4.79 Å². The normalized spacial score (nSPS) is 12.6. The smallest absolute Gasteiger partial charge is 0.226 e. The average molecular weight is 367 g/mol. The topological polar surface area (TPSA) is 59.6 Å². The number of carbonyl (C=O) groups is 1. The van der Waals surface area contributed by atoms with Gasteiger partial charge in [-0.1, -0.05) is 23.2 Å². The lowest BCUT2D eigenvalue weighted by Gasteiger charge is -2.19. The van der Waals surface area contributed by atoms with Gasteiger partial charge in [-0.05, 0) is 30.3 Å². The van der Waals surface area contributed by atoms with Crippen molar-refractivity contribution in [3.63, 3.8) is 0 Å². The van der Waals surface area contributed by atoms with E-state index in [0.29, 0.717) is 52.7 Å². The van der Waals surface area contributed by atoms with Crippen LogP contribution >= 0.6 is 23.2 Å². The molecule has 1 heterocycles. The third-order valence-electron chi connectivity index (χ3n) is 3.42. The summed E-state index contributed by atoms with van der Waals surface area (Å²) < 4.78 is 10.9. The molecule has 3 rings (SSSR count). The van der Waals surface area contributed by atoms with E-state index in [-0.39, 0.29) is 12.3 Å². The van der Waals surface area contributed by atoms with E-state index in [1.807, 2.05) is 0 Å². The van der Waals surface area contributed by atoms with Crippen molar-refractivity contribution in [3.05, 3.63) is 46.4 Å². The summed E-state index contributed by atoms with van der Waals surface area (Å²) in [4.78, 5) is 12.0. The fourth-order valence-corrected chi connectivity index (χ4v) is 2.64. The number of nitrogens with one attached hydrogen (secondary N) is 2. The standard InChI is InChI=1S/C17H16Cl2N2O3/c18-11-1-3-13(19)14(9-11)20-6-5-17(22)21-12-2-4-15-16(10-12)24-8-7-23-15/h1-4,9-10,20H,5-8H2,(H,21,22). The maximum atomic E-state index is 12.0. The molecule has 2 aromatic carbocycles. The van der Waals surface area contributed by atoms with E-state index in [4.69, 9.17) is 32.7 Å². The molecular formula is C17H16Cl2N2O3. The lowest BCUT2D eigenvalue weighted by atomic mass is 10.2. The number of fused-ring (bicyclic) bond motifs is 1. The van der Waals surface area contributed by atoms with Gasteiger partial charge in [0, 0.05) is 29.7 Å². The summed E-state index contributed by atoms with van der Waals surface area (Å²) in [6.45, 7) is 1.49. The van der Waals surface area contributed by atoms with Crippen molar-refractivity contribution < 1.29 is 14.3 Å². The third kappa shape index (κ3) is 4.24. The van der Waals surface area contributed by atoms with Gasteiger partial charge in [0.2, 0.25) is 5.91 Å². The number of hydrogen-bond donors (Lipinski definition) is 2. The first-order valence-corrected chi connectivity index (χ1v) is 8.26. The van der Waals surface area contributed by atoms with E-state index in [0.717, 1.165) is 0 Å². The highest BCUT2D eigenvalue weighted by Gasteiger charge is 2.12. The average Bonchev–Trinajstić information content (AvgIpc) is 2.58. The second-order valence-corrected chi connectivity index (χ2v) is 6.05. The first kappa shape index (κ1) is 16.7. The van der Waals surface area contributed by atoms with Gasteiger partial charge in [0.05, 0.1) is 10.7 Å². The maximum Gasteiger partial charge on any atom is 0.226 e. The number of anilines is 2. The fraction of sp³-hybridized carbons (Fsp3) is 0.235. The molecule has 0 atom stereocenters. The summed E-state index contributed by atoms with van der Waals surface area (Å²) in [6, 6.07) is 10.5. The van der Waals surface area contributed by atoms with E-state index in [9.17, 15) is 4.79 Å². The SMILES string of the molecule is O=C(CCNc1cc(Cl)ccc1Cl)Nc1ccc2c(c1)OCCO2. The minimum atomic E-state index is -0.114. The van der Waals surface area contributed by atoms with Crippen LogP contribution in [0.3, 0.4) is 0 Å². The second kappa shape index (κ2) is 7.64. The molecule has 0 spiro atoms. The Morgan fingerprint density at radius 1 is 1.04 bits per heavy atom. The van der Waals surface area contributed by atoms with Gasteiger partial charge >= 0.3 is 0 Å². The van der Waals surface area contributed by atoms with Crippen molar-refractivity contribution in [1.29, 1.82) is 0 Å². The second-order valence-electron chi connectivity index (χ2n) is 5.21. The molecule has 126 valence electrons. The molecule has 1 aliphatic heterocycles. The summed E-state index contributed by atoms with van der Waals surface area (Å²) in [5.41, 5.74) is 1.38. The fourth-order valence-electron chi connectivity index (χ4n) is 2.29. The Hall–Kier alpha value is -2.11. The van der Waals surface area contributed by atoms with E-state index in [1.165, 1.54) is 0 Å². The highest BCUT2D eigenvalue weighted by molar-refractivity contribution is 6.35. The number of ether oxygens (including phenoxy) is 2. The Bertz CT molecular complexity index is 753. The van der Waals surface area contributed by atoms with Crippen LogP contribution in [0.5, 0.6) is 11.5 Å². The van der Waals surface area contributed by atoms with Crippen LogP contribution < -0.4 is 20.1 Å². The van der Waals surface area contributed by atoms with Gasteiger partial charge in [-0.15, -0.1) is 0 Å². The first-order valence-electron chi connectivity index (χ1n) is 7.50. The van der Waals surface area contributed by atoms with Crippen molar-refractivity contribution in [3.8, 4) is 11.5 Å². The molecule has 0 aromatic heterocycles. The number of carbonyl (C=O) groups excluding carboxylic acids is 1. The monoisotopic (exact) mass is 366 g/mol. The van der Waals surface area contributed by atoms with Crippen LogP contribution in [0.25, 0.3) is 0 Å². The molecule has 0 radical (unpaired) electrons. The lowest BCUT2D eigenvalue weighted by Crippen LogP contribution is -2.18. The molecule has 2 aromatic rings. The van der Waals surface area contributed by atoms with Crippen molar-refractivity contribution in [2.45, 2.75) is 6.42 Å². The van der Waals surface area contributed by atoms with Gasteiger partial charge in [-0.3, -0.25) is 4.79 Å². The van der Waals surface area contributed by atoms with Crippen molar-refractivity contribution in [2.24, 2.45) is 0 Å². The molecular weight excluding hydrogens is 351 g/mol. The van der Waals surface area contributed by atoms with Crippen LogP contribution in [-0.4, -0.2) is 25.7 Å². The molecule has 5 nitrogen and oxygen atoms in total. The Morgan fingerprint density at radius 2 is 1.83 bits per heavy atom. The van der Waals surface area contributed by atoms with Crippen molar-refractivity contribution >= 4 is 40.5 Å². The molecule has 0 bridgehead atoms. The summed E-state index contributed by atoms with van der Waals surface area (Å²) in [6.07, 6.45) is 0.289. The molecule has 1 amide bonds. The Morgan fingerprint density at radius 3 is 2.67 bits per heavy atom. The lowest BCUT2D eigenvalue weighted by molar-refractivity contribution is -0.115. The van der Waals surface area contributed by atoms with Crippen LogP contribution in [0, 0.1) is 0 Å². The van der Waals surface area contributed by atoms with Gasteiger partial charge < -0.3 is 20.1 Å². The molecule has 2 N–H and O–H groups in total. The summed E-state index contributed by atoms with van der Waals surface area (Å²) >= 11 is 12.0. The number of halogens is 2. The molecule has 7 heteroatoms. The minimum Gasteiger partial charge on any atom is -0.486 e. The van der Waals surface area contributed by atoms with E-state index >= 15 is 0 Å². The highest BCUT2D eigenvalue weighted by Crippen LogP contribution is 2.32. The predicted molar refractivity (Wildman–Crippen MR) is 95.6 cm³/mol. The van der Waals surface area contributed by atoms with Gasteiger partial charge in [0.1, 0.15) is 13.2 Å². The minimum absolute atomic E-state index is 0.114. The molecule has 1 aliphatic rings. The van der Waals surface area contributed by atoms with Crippen LogP contribution in [0.4, 0.5) is 11.4 Å². The number of rotatable bonds is 5. The number of amides is 1. The summed E-state index contributed by atoms with van der Waals surface area (Å²) in [5, 5.41) is 7.08. The van der Waals surface area contributed by atoms with Crippen LogP contribution in [0.1, 0.15) is 6.42 Å². The molecule has 0 saturated heterocycles. The number of benzene rings is 2. The largest absolute Gasteiger partial charge is 0.486 e. The van der Waals surface area contributed by atoms with Crippen LogP contribution in [0.2, 0.25) is 10.0 Å². The molecule has 0 saturated carbocycles. The number of hydrogen-bond acceptors (Lipinski definition) is 4. The zero-order valence-electron chi connectivity index (χ0n) is 12.8. The maximum absolute atomic E-state index is 12.0. The van der Waals surface area contributed by atoms with Crippen LogP contribution in [0.15, 0.2) is 36.4 Å². The van der Waals surface area contributed by atoms with Gasteiger partial charge in [-0.25, -0.2) is 0 Å².